The summed E-state index contributed by atoms with van der Waals surface area (Å²) in [6.07, 6.45) is 1.16. The Kier molecular flexibility index (Phi) is 3.66. The quantitative estimate of drug-likeness (QED) is 0.793. The van der Waals surface area contributed by atoms with E-state index in [1.165, 1.54) is 22.5 Å². The van der Waals surface area contributed by atoms with Crippen LogP contribution >= 0.6 is 17.0 Å². The van der Waals surface area contributed by atoms with Gasteiger partial charge in [0.15, 0.2) is 0 Å². The molecule has 2 aliphatic rings. The smallest absolute Gasteiger partial charge is 0.205 e. The van der Waals surface area contributed by atoms with Crippen LogP contribution in [-0.4, -0.2) is 25.6 Å². The molecule has 0 amide bonds. The summed E-state index contributed by atoms with van der Waals surface area (Å²) in [6, 6.07) is 4.61. The fourth-order valence-corrected chi connectivity index (χ4v) is 2.69. The minimum absolute atomic E-state index is 0. The van der Waals surface area contributed by atoms with E-state index in [1.54, 1.807) is 0 Å². The summed E-state index contributed by atoms with van der Waals surface area (Å²) in [5.74, 6) is 1.15. The Bertz CT molecular complexity index is 475. The van der Waals surface area contributed by atoms with E-state index in [2.05, 4.69) is 47.7 Å². The number of hydrogen-bond acceptors (Lipinski definition) is 3. The molecule has 0 atom stereocenters. The van der Waals surface area contributed by atoms with Crippen LogP contribution in [0.3, 0.4) is 0 Å². The van der Waals surface area contributed by atoms with Gasteiger partial charge in [-0.05, 0) is 50.5 Å². The average molecular weight is 310 g/mol. The van der Waals surface area contributed by atoms with Gasteiger partial charge in [-0.2, -0.15) is 0 Å². The van der Waals surface area contributed by atoms with Gasteiger partial charge in [0, 0.05) is 19.6 Å². The van der Waals surface area contributed by atoms with E-state index in [9.17, 15) is 0 Å². The number of anilines is 2. The van der Waals surface area contributed by atoms with Gasteiger partial charge >= 0.3 is 0 Å². The summed E-state index contributed by atoms with van der Waals surface area (Å²) in [5.41, 5.74) is 5.40. The van der Waals surface area contributed by atoms with Gasteiger partial charge in [0.1, 0.15) is 0 Å². The van der Waals surface area contributed by atoms with E-state index in [0.29, 0.717) is 0 Å². The van der Waals surface area contributed by atoms with Crippen molar-refractivity contribution in [3.8, 4) is 0 Å². The summed E-state index contributed by atoms with van der Waals surface area (Å²) >= 11 is 0. The minimum atomic E-state index is 0. The molecule has 0 aromatic heterocycles. The Morgan fingerprint density at radius 3 is 2.50 bits per heavy atom. The first-order valence-corrected chi connectivity index (χ1v) is 6.43. The zero-order valence-corrected chi connectivity index (χ0v) is 12.9. The second kappa shape index (κ2) is 4.92. The van der Waals surface area contributed by atoms with Crippen LogP contribution in [-0.2, 0) is 0 Å². The molecular weight excluding hydrogens is 290 g/mol. The van der Waals surface area contributed by atoms with Crippen molar-refractivity contribution >= 4 is 34.3 Å². The molecule has 0 radical (unpaired) electrons. The van der Waals surface area contributed by atoms with E-state index in [1.807, 2.05) is 0 Å². The minimum Gasteiger partial charge on any atom is -0.310 e. The Morgan fingerprint density at radius 1 is 1.17 bits per heavy atom. The molecule has 3 rings (SSSR count). The number of fused-ring (bicyclic) bond motifs is 3. The van der Waals surface area contributed by atoms with Gasteiger partial charge < -0.3 is 9.80 Å². The largest absolute Gasteiger partial charge is 0.310 e. The molecule has 0 N–H and O–H groups in total. The van der Waals surface area contributed by atoms with Crippen molar-refractivity contribution in [3.63, 3.8) is 0 Å². The monoisotopic (exact) mass is 309 g/mol. The molecule has 0 unspecified atom stereocenters. The van der Waals surface area contributed by atoms with Gasteiger partial charge in [-0.1, -0.05) is 0 Å². The number of benzene rings is 1. The van der Waals surface area contributed by atoms with Crippen molar-refractivity contribution in [2.45, 2.75) is 27.2 Å². The van der Waals surface area contributed by atoms with Crippen LogP contribution in [0.4, 0.5) is 11.4 Å². The maximum absolute atomic E-state index is 4.69. The molecule has 3 nitrogen and oxygen atoms in total. The molecule has 1 aromatic carbocycles. The average Bonchev–Trinajstić information content (AvgIpc) is 2.63. The Hall–Kier alpha value is -1.03. The molecule has 4 heteroatoms. The van der Waals surface area contributed by atoms with Gasteiger partial charge in [-0.15, -0.1) is 17.0 Å². The zero-order chi connectivity index (χ0) is 12.0. The highest BCUT2D eigenvalue weighted by molar-refractivity contribution is 8.93. The van der Waals surface area contributed by atoms with Crippen molar-refractivity contribution < 1.29 is 0 Å². The molecular formula is C14H20BrN3. The van der Waals surface area contributed by atoms with Crippen molar-refractivity contribution in [1.82, 2.24) is 0 Å². The molecule has 2 heterocycles. The Morgan fingerprint density at radius 2 is 1.83 bits per heavy atom. The van der Waals surface area contributed by atoms with Crippen LogP contribution in [0.5, 0.6) is 0 Å². The first-order chi connectivity index (χ1) is 8.22. The molecule has 1 aromatic rings. The van der Waals surface area contributed by atoms with Crippen molar-refractivity contribution in [1.29, 1.82) is 0 Å². The number of halogens is 1. The predicted octanol–water partition coefficient (Wildman–Crippen LogP) is 3.29. The number of aliphatic imine (C=N–C) groups is 1. The zero-order valence-electron chi connectivity index (χ0n) is 11.2. The standard InChI is InChI=1S/C14H19N3.BrH/c1-4-16-12-8-10(2)11(3)9-13(12)17-7-5-6-15-14(16)17;/h8-9H,4-7H2,1-3H3;1H. The van der Waals surface area contributed by atoms with Crippen molar-refractivity contribution in [3.05, 3.63) is 23.3 Å². The van der Waals surface area contributed by atoms with Crippen LogP contribution in [0, 0.1) is 13.8 Å². The summed E-state index contributed by atoms with van der Waals surface area (Å²) in [4.78, 5) is 9.39. The van der Waals surface area contributed by atoms with Crippen molar-refractivity contribution in [2.24, 2.45) is 4.99 Å². The Labute approximate surface area is 119 Å². The molecule has 0 saturated heterocycles. The van der Waals surface area contributed by atoms with Crippen LogP contribution in [0.2, 0.25) is 0 Å². The van der Waals surface area contributed by atoms with Gasteiger partial charge in [0.2, 0.25) is 5.96 Å². The van der Waals surface area contributed by atoms with Crippen LogP contribution < -0.4 is 9.80 Å². The number of hydrogen-bond donors (Lipinski definition) is 0. The lowest BCUT2D eigenvalue weighted by Gasteiger charge is -2.26. The molecule has 0 spiro atoms. The summed E-state index contributed by atoms with van der Waals surface area (Å²) in [7, 11) is 0. The molecule has 0 saturated carbocycles. The van der Waals surface area contributed by atoms with Crippen LogP contribution in [0.25, 0.3) is 0 Å². The summed E-state index contributed by atoms with van der Waals surface area (Å²) in [6.45, 7) is 9.62. The van der Waals surface area contributed by atoms with Gasteiger partial charge in [-0.3, -0.25) is 4.99 Å². The SMILES string of the molecule is Br.CCN1C2=NCCCN2c2cc(C)c(C)cc21. The van der Waals surface area contributed by atoms with E-state index >= 15 is 0 Å². The highest BCUT2D eigenvalue weighted by Crippen LogP contribution is 2.39. The third-order valence-corrected chi connectivity index (χ3v) is 3.76. The third-order valence-electron chi connectivity index (χ3n) is 3.76. The molecule has 2 aliphatic heterocycles. The second-order valence-corrected chi connectivity index (χ2v) is 4.86. The number of rotatable bonds is 1. The normalized spacial score (nSPS) is 16.9. The number of aryl methyl sites for hydroxylation is 2. The molecule has 18 heavy (non-hydrogen) atoms. The predicted molar refractivity (Wildman–Crippen MR) is 83.5 cm³/mol. The van der Waals surface area contributed by atoms with E-state index < -0.39 is 0 Å². The molecule has 0 aliphatic carbocycles. The van der Waals surface area contributed by atoms with Crippen LogP contribution in [0.15, 0.2) is 17.1 Å². The maximum atomic E-state index is 4.69. The van der Waals surface area contributed by atoms with Gasteiger partial charge in [0.05, 0.1) is 11.4 Å². The highest BCUT2D eigenvalue weighted by atomic mass is 79.9. The van der Waals surface area contributed by atoms with Gasteiger partial charge in [0.25, 0.3) is 0 Å². The summed E-state index contributed by atoms with van der Waals surface area (Å²) in [5, 5.41) is 0. The molecule has 0 fully saturated rings. The first-order valence-electron chi connectivity index (χ1n) is 6.43. The summed E-state index contributed by atoms with van der Waals surface area (Å²) < 4.78 is 0. The maximum Gasteiger partial charge on any atom is 0.205 e. The molecule has 0 bridgehead atoms. The lowest BCUT2D eigenvalue weighted by Crippen LogP contribution is -2.41. The fourth-order valence-electron chi connectivity index (χ4n) is 2.69. The Balaban J connectivity index is 0.00000120. The highest BCUT2D eigenvalue weighted by Gasteiger charge is 2.33. The van der Waals surface area contributed by atoms with Gasteiger partial charge in [-0.25, -0.2) is 0 Å². The number of guanidine groups is 1. The van der Waals surface area contributed by atoms with Crippen molar-refractivity contribution in [2.75, 3.05) is 29.4 Å². The fraction of sp³-hybridized carbons (Fsp3) is 0.500. The number of nitrogens with zero attached hydrogens (tertiary/aromatic N) is 3. The first kappa shape index (κ1) is 13.4. The topological polar surface area (TPSA) is 18.8 Å². The van der Waals surface area contributed by atoms with E-state index in [4.69, 9.17) is 0 Å². The van der Waals surface area contributed by atoms with E-state index in [0.717, 1.165) is 32.0 Å². The molecule has 98 valence electrons. The van der Waals surface area contributed by atoms with Crippen LogP contribution in [0.1, 0.15) is 24.5 Å². The lowest BCUT2D eigenvalue weighted by atomic mass is 10.1. The third kappa shape index (κ3) is 1.83. The second-order valence-electron chi connectivity index (χ2n) is 4.86. The lowest BCUT2D eigenvalue weighted by molar-refractivity contribution is 0.786. The van der Waals surface area contributed by atoms with E-state index in [-0.39, 0.29) is 17.0 Å².